The molecule has 2 unspecified atom stereocenters. The van der Waals surface area contributed by atoms with Gasteiger partial charge >= 0.3 is 0 Å². The Balaban J connectivity index is 0.000000207. The van der Waals surface area contributed by atoms with Crippen LogP contribution in [-0.2, 0) is 6.54 Å². The van der Waals surface area contributed by atoms with Crippen molar-refractivity contribution in [1.29, 1.82) is 0 Å². The van der Waals surface area contributed by atoms with Crippen molar-refractivity contribution in [2.24, 2.45) is 0 Å². The van der Waals surface area contributed by atoms with Gasteiger partial charge < -0.3 is 14.8 Å². The van der Waals surface area contributed by atoms with Crippen molar-refractivity contribution >= 4 is 46.4 Å². The van der Waals surface area contributed by atoms with E-state index in [2.05, 4.69) is 16.3 Å². The number of rotatable bonds is 6. The first-order valence-electron chi connectivity index (χ1n) is 12.4. The van der Waals surface area contributed by atoms with Crippen LogP contribution in [0.4, 0.5) is 0 Å². The molecule has 0 aromatic heterocycles. The van der Waals surface area contributed by atoms with Crippen LogP contribution in [0, 0.1) is 0 Å². The van der Waals surface area contributed by atoms with E-state index in [9.17, 15) is 0 Å². The average molecular weight is 582 g/mol. The fourth-order valence-electron chi connectivity index (χ4n) is 5.13. The lowest BCUT2D eigenvalue weighted by atomic mass is 9.98. The third-order valence-electron chi connectivity index (χ3n) is 6.92. The smallest absolute Gasteiger partial charge is 0.165 e. The number of nitrogens with zero attached hydrogens (tertiary/aromatic N) is 1. The first-order chi connectivity index (χ1) is 17.9. The van der Waals surface area contributed by atoms with Crippen molar-refractivity contribution in [3.8, 4) is 11.5 Å². The van der Waals surface area contributed by atoms with Crippen molar-refractivity contribution in [2.45, 2.75) is 31.2 Å². The summed E-state index contributed by atoms with van der Waals surface area (Å²) in [5.41, 5.74) is 3.61. The largest absolute Gasteiger partial charge is 0.493 e. The van der Waals surface area contributed by atoms with Crippen LogP contribution in [0.25, 0.3) is 0 Å². The summed E-state index contributed by atoms with van der Waals surface area (Å²) in [5, 5.41) is 6.18. The van der Waals surface area contributed by atoms with Crippen LogP contribution >= 0.6 is 46.4 Å². The number of benzene rings is 3. The second-order valence-corrected chi connectivity index (χ2v) is 11.2. The van der Waals surface area contributed by atoms with Gasteiger partial charge in [-0.15, -0.1) is 0 Å². The van der Waals surface area contributed by atoms with Gasteiger partial charge in [-0.3, -0.25) is 4.90 Å². The number of hydrogen-bond donors (Lipinski definition) is 1. The number of methoxy groups -OCH3 is 2. The number of halogens is 4. The van der Waals surface area contributed by atoms with Crippen LogP contribution in [-0.4, -0.2) is 45.3 Å². The molecule has 0 aliphatic carbocycles. The quantitative estimate of drug-likeness (QED) is 0.319. The van der Waals surface area contributed by atoms with Crippen molar-refractivity contribution in [1.82, 2.24) is 10.2 Å². The lowest BCUT2D eigenvalue weighted by Gasteiger charge is -2.19. The molecule has 198 valence electrons. The fraction of sp³-hybridized carbons (Fsp3) is 0.379. The topological polar surface area (TPSA) is 33.7 Å². The van der Waals surface area contributed by atoms with E-state index in [-0.39, 0.29) is 0 Å². The molecular weight excluding hydrogens is 550 g/mol. The van der Waals surface area contributed by atoms with Crippen molar-refractivity contribution < 1.29 is 9.47 Å². The van der Waals surface area contributed by atoms with Gasteiger partial charge in [0.05, 0.1) is 14.2 Å². The van der Waals surface area contributed by atoms with Crippen LogP contribution in [0.3, 0.4) is 0 Å². The molecule has 5 rings (SSSR count). The van der Waals surface area contributed by atoms with Gasteiger partial charge in [-0.2, -0.15) is 0 Å². The molecule has 8 heteroatoms. The van der Waals surface area contributed by atoms with E-state index in [0.717, 1.165) is 66.3 Å². The fourth-order valence-corrected chi connectivity index (χ4v) is 6.21. The zero-order chi connectivity index (χ0) is 26.4. The zero-order valence-electron chi connectivity index (χ0n) is 21.1. The Morgan fingerprint density at radius 1 is 0.811 bits per heavy atom. The molecular formula is C29H32Cl4N2O2. The molecule has 2 aliphatic rings. The van der Waals surface area contributed by atoms with Gasteiger partial charge in [0.25, 0.3) is 0 Å². The summed E-state index contributed by atoms with van der Waals surface area (Å²) in [6.07, 6.45) is 2.28. The highest BCUT2D eigenvalue weighted by molar-refractivity contribution is 6.35. The predicted molar refractivity (Wildman–Crippen MR) is 155 cm³/mol. The molecule has 3 aromatic carbocycles. The molecule has 2 atom stereocenters. The maximum atomic E-state index is 6.14. The highest BCUT2D eigenvalue weighted by Crippen LogP contribution is 2.35. The van der Waals surface area contributed by atoms with Crippen LogP contribution in [0.2, 0.25) is 20.1 Å². The second kappa shape index (κ2) is 13.4. The van der Waals surface area contributed by atoms with Gasteiger partial charge in [-0.1, -0.05) is 58.5 Å². The van der Waals surface area contributed by atoms with Crippen LogP contribution in [0.5, 0.6) is 11.5 Å². The highest BCUT2D eigenvalue weighted by atomic mass is 35.5. The predicted octanol–water partition coefficient (Wildman–Crippen LogP) is 8.07. The third kappa shape index (κ3) is 7.69. The minimum Gasteiger partial charge on any atom is -0.493 e. The Morgan fingerprint density at radius 3 is 1.97 bits per heavy atom. The van der Waals surface area contributed by atoms with E-state index in [1.807, 2.05) is 36.4 Å². The molecule has 2 heterocycles. The van der Waals surface area contributed by atoms with Gasteiger partial charge in [0, 0.05) is 45.3 Å². The summed E-state index contributed by atoms with van der Waals surface area (Å²) in [6, 6.07) is 17.6. The average Bonchev–Trinajstić information content (AvgIpc) is 3.56. The van der Waals surface area contributed by atoms with Gasteiger partial charge in [0.1, 0.15) is 0 Å². The zero-order valence-corrected chi connectivity index (χ0v) is 24.1. The molecule has 2 saturated heterocycles. The van der Waals surface area contributed by atoms with Gasteiger partial charge in [0.2, 0.25) is 0 Å². The van der Waals surface area contributed by atoms with E-state index < -0.39 is 0 Å². The Labute approximate surface area is 239 Å². The Morgan fingerprint density at radius 2 is 1.43 bits per heavy atom. The summed E-state index contributed by atoms with van der Waals surface area (Å²) < 4.78 is 10.9. The standard InChI is InChI=1S/C19H21Cl2NO2.C10H11Cl2N/c1-23-18-5-3-4-14(19(18)24-2)12-22-7-6-13(11-22)15-8-16(20)10-17(21)9-15;11-9-3-8(4-10(12)5-9)7-1-2-13-6-7/h3-5,8-10,13H,6-7,11-12H2,1-2H3;3-5,7,13H,1-2,6H2. The van der Waals surface area contributed by atoms with Crippen LogP contribution in [0.1, 0.15) is 41.4 Å². The molecule has 2 fully saturated rings. The van der Waals surface area contributed by atoms with Crippen molar-refractivity contribution in [2.75, 3.05) is 40.4 Å². The molecule has 37 heavy (non-hydrogen) atoms. The first kappa shape index (κ1) is 28.4. The first-order valence-corrected chi connectivity index (χ1v) is 13.9. The lowest BCUT2D eigenvalue weighted by molar-refractivity contribution is 0.309. The Kier molecular flexibility index (Phi) is 10.3. The molecule has 0 amide bonds. The summed E-state index contributed by atoms with van der Waals surface area (Å²) in [6.45, 7) is 4.99. The molecule has 2 aliphatic heterocycles. The third-order valence-corrected chi connectivity index (χ3v) is 7.80. The van der Waals surface area contributed by atoms with E-state index in [4.69, 9.17) is 55.9 Å². The maximum absolute atomic E-state index is 6.14. The molecule has 0 spiro atoms. The molecule has 0 bridgehead atoms. The second-order valence-electron chi connectivity index (χ2n) is 9.47. The summed E-state index contributed by atoms with van der Waals surface area (Å²) in [4.78, 5) is 2.43. The molecule has 4 nitrogen and oxygen atoms in total. The number of nitrogens with one attached hydrogen (secondary N) is 1. The summed E-state index contributed by atoms with van der Waals surface area (Å²) in [5.74, 6) is 2.62. The summed E-state index contributed by atoms with van der Waals surface area (Å²) >= 11 is 24.1. The lowest BCUT2D eigenvalue weighted by Crippen LogP contribution is -2.20. The molecule has 1 N–H and O–H groups in total. The number of para-hydroxylation sites is 1. The minimum atomic E-state index is 0.456. The van der Waals surface area contributed by atoms with E-state index in [1.165, 1.54) is 17.5 Å². The van der Waals surface area contributed by atoms with E-state index in [1.54, 1.807) is 26.4 Å². The molecule has 0 saturated carbocycles. The van der Waals surface area contributed by atoms with E-state index in [0.29, 0.717) is 21.9 Å². The van der Waals surface area contributed by atoms with Gasteiger partial charge in [-0.05, 0) is 91.4 Å². The van der Waals surface area contributed by atoms with Crippen LogP contribution < -0.4 is 14.8 Å². The number of ether oxygens (including phenoxy) is 2. The highest BCUT2D eigenvalue weighted by Gasteiger charge is 2.25. The van der Waals surface area contributed by atoms with E-state index >= 15 is 0 Å². The number of hydrogen-bond acceptors (Lipinski definition) is 4. The Bertz CT molecular complexity index is 1160. The van der Waals surface area contributed by atoms with Gasteiger partial charge in [0.15, 0.2) is 11.5 Å². The minimum absolute atomic E-state index is 0.456. The number of likely N-dealkylation sites (tertiary alicyclic amines) is 1. The summed E-state index contributed by atoms with van der Waals surface area (Å²) in [7, 11) is 3.35. The molecule has 0 radical (unpaired) electrons. The van der Waals surface area contributed by atoms with Crippen molar-refractivity contribution in [3.63, 3.8) is 0 Å². The monoisotopic (exact) mass is 580 g/mol. The SMILES string of the molecule is COc1cccc(CN2CCC(c3cc(Cl)cc(Cl)c3)C2)c1OC.Clc1cc(Cl)cc(C2CCNC2)c1. The normalized spacial score (nSPS) is 19.4. The van der Waals surface area contributed by atoms with Crippen molar-refractivity contribution in [3.05, 3.63) is 91.4 Å². The maximum Gasteiger partial charge on any atom is 0.165 e. The Hall–Kier alpha value is -1.66. The van der Waals surface area contributed by atoms with Gasteiger partial charge in [-0.25, -0.2) is 0 Å². The molecule has 3 aromatic rings. The van der Waals surface area contributed by atoms with Crippen LogP contribution in [0.15, 0.2) is 54.6 Å².